The van der Waals surface area contributed by atoms with Gasteiger partial charge in [-0.2, -0.15) is 0 Å². The lowest BCUT2D eigenvalue weighted by Crippen LogP contribution is -2.28. The van der Waals surface area contributed by atoms with E-state index >= 15 is 0 Å². The number of rotatable bonds is 6. The number of amides is 2. The molecule has 0 saturated carbocycles. The molecule has 3 aromatic carbocycles. The van der Waals surface area contributed by atoms with Crippen molar-refractivity contribution in [3.05, 3.63) is 89.5 Å². The lowest BCUT2D eigenvalue weighted by molar-refractivity contribution is -0.114. The monoisotopic (exact) mass is 413 g/mol. The number of carbonyl (C=O) groups is 2. The van der Waals surface area contributed by atoms with E-state index in [2.05, 4.69) is 36.6 Å². The zero-order valence-electron chi connectivity index (χ0n) is 17.9. The molecule has 0 fully saturated rings. The summed E-state index contributed by atoms with van der Waals surface area (Å²) in [6, 6.07) is 23.2. The van der Waals surface area contributed by atoms with Crippen LogP contribution in [0.25, 0.3) is 0 Å². The molecule has 0 atom stereocenters. The summed E-state index contributed by atoms with van der Waals surface area (Å²) >= 11 is 0. The van der Waals surface area contributed by atoms with E-state index in [1.54, 1.807) is 12.1 Å². The second-order valence-electron chi connectivity index (χ2n) is 8.09. The molecule has 1 aliphatic heterocycles. The summed E-state index contributed by atoms with van der Waals surface area (Å²) in [5, 5.41) is 6.04. The van der Waals surface area contributed by atoms with Gasteiger partial charge in [-0.25, -0.2) is 0 Å². The maximum Gasteiger partial charge on any atom is 0.258 e. The zero-order chi connectivity index (χ0) is 21.8. The van der Waals surface area contributed by atoms with E-state index in [9.17, 15) is 9.59 Å². The summed E-state index contributed by atoms with van der Waals surface area (Å²) in [6.07, 6.45) is 0.886. The van der Waals surface area contributed by atoms with Gasteiger partial charge in [0.05, 0.1) is 6.54 Å². The molecule has 3 aromatic rings. The molecule has 4 rings (SSSR count). The summed E-state index contributed by atoms with van der Waals surface area (Å²) < 4.78 is 0. The molecule has 0 aliphatic carbocycles. The number of carbonyl (C=O) groups excluding carboxylic acids is 2. The first-order chi connectivity index (χ1) is 15.0. The van der Waals surface area contributed by atoms with Crippen LogP contribution in [0.15, 0.2) is 72.8 Å². The van der Waals surface area contributed by atoms with Crippen molar-refractivity contribution in [3.63, 3.8) is 0 Å². The van der Waals surface area contributed by atoms with Crippen molar-refractivity contribution in [1.82, 2.24) is 0 Å². The fourth-order valence-corrected chi connectivity index (χ4v) is 3.80. The molecule has 0 bridgehead atoms. The molecule has 5 nitrogen and oxygen atoms in total. The summed E-state index contributed by atoms with van der Waals surface area (Å²) in [5.74, 6) is 0.291. The van der Waals surface area contributed by atoms with Crippen LogP contribution in [-0.2, 0) is 11.2 Å². The molecule has 0 spiro atoms. The Hall–Kier alpha value is -3.60. The first-order valence-corrected chi connectivity index (χ1v) is 10.6. The number of nitrogens with one attached hydrogen (secondary N) is 2. The molecule has 0 saturated heterocycles. The molecule has 0 radical (unpaired) electrons. The van der Waals surface area contributed by atoms with Crippen LogP contribution < -0.4 is 15.5 Å². The number of fused-ring (bicyclic) bond motifs is 1. The molecule has 158 valence electrons. The number of para-hydroxylation sites is 1. The second kappa shape index (κ2) is 9.04. The normalized spacial score (nSPS) is 12.5. The average Bonchev–Trinajstić information content (AvgIpc) is 3.22. The summed E-state index contributed by atoms with van der Waals surface area (Å²) in [4.78, 5) is 27.0. The van der Waals surface area contributed by atoms with Gasteiger partial charge in [0.15, 0.2) is 0 Å². The van der Waals surface area contributed by atoms with E-state index in [1.807, 2.05) is 53.4 Å². The number of benzene rings is 3. The first-order valence-electron chi connectivity index (χ1n) is 10.6. The van der Waals surface area contributed by atoms with Crippen LogP contribution in [0.5, 0.6) is 0 Å². The van der Waals surface area contributed by atoms with E-state index in [0.717, 1.165) is 23.5 Å². The van der Waals surface area contributed by atoms with Crippen molar-refractivity contribution >= 4 is 28.9 Å². The van der Waals surface area contributed by atoms with Crippen molar-refractivity contribution in [2.45, 2.75) is 26.2 Å². The minimum atomic E-state index is -0.116. The Balaban J connectivity index is 1.33. The zero-order valence-corrected chi connectivity index (χ0v) is 17.9. The molecule has 5 heteroatoms. The van der Waals surface area contributed by atoms with Gasteiger partial charge in [-0.05, 0) is 65.9 Å². The predicted octanol–water partition coefficient (Wildman–Crippen LogP) is 5.06. The van der Waals surface area contributed by atoms with Gasteiger partial charge in [-0.1, -0.05) is 44.2 Å². The third-order valence-electron chi connectivity index (χ3n) is 5.55. The Labute approximate surface area is 183 Å². The minimum absolute atomic E-state index is 0.000669. The van der Waals surface area contributed by atoms with Gasteiger partial charge in [0.2, 0.25) is 5.91 Å². The molecule has 2 amide bonds. The number of hydrogen-bond acceptors (Lipinski definition) is 3. The fourth-order valence-electron chi connectivity index (χ4n) is 3.80. The van der Waals surface area contributed by atoms with Crippen molar-refractivity contribution in [2.24, 2.45) is 0 Å². The largest absolute Gasteiger partial charge is 0.376 e. The number of anilines is 3. The maximum atomic E-state index is 12.9. The van der Waals surface area contributed by atoms with E-state index in [-0.39, 0.29) is 18.4 Å². The minimum Gasteiger partial charge on any atom is -0.376 e. The molecule has 0 unspecified atom stereocenters. The van der Waals surface area contributed by atoms with E-state index in [4.69, 9.17) is 0 Å². The molecule has 1 heterocycles. The second-order valence-corrected chi connectivity index (χ2v) is 8.09. The fraction of sp³-hybridized carbons (Fsp3) is 0.231. The highest BCUT2D eigenvalue weighted by atomic mass is 16.2. The Morgan fingerprint density at radius 1 is 0.935 bits per heavy atom. The molecule has 0 aromatic heterocycles. The van der Waals surface area contributed by atoms with Gasteiger partial charge in [-0.3, -0.25) is 9.59 Å². The Morgan fingerprint density at radius 2 is 1.71 bits per heavy atom. The lowest BCUT2D eigenvalue weighted by Gasteiger charge is -2.17. The van der Waals surface area contributed by atoms with E-state index in [0.29, 0.717) is 18.0 Å². The number of nitrogens with zero attached hydrogens (tertiary/aromatic N) is 1. The SMILES string of the molecule is CC(C)c1cccc(NC(=O)CNc2ccc(C(=O)N3CCc4ccccc43)cc2)c1. The molecule has 1 aliphatic rings. The summed E-state index contributed by atoms with van der Waals surface area (Å²) in [5.41, 5.74) is 5.62. The van der Waals surface area contributed by atoms with Gasteiger partial charge in [0.25, 0.3) is 5.91 Å². The van der Waals surface area contributed by atoms with Crippen LogP contribution in [0.4, 0.5) is 17.1 Å². The molecule has 2 N–H and O–H groups in total. The molecule has 31 heavy (non-hydrogen) atoms. The van der Waals surface area contributed by atoms with Crippen LogP contribution in [0.1, 0.15) is 41.3 Å². The van der Waals surface area contributed by atoms with Crippen LogP contribution in [0.3, 0.4) is 0 Å². The lowest BCUT2D eigenvalue weighted by atomic mass is 10.0. The maximum absolute atomic E-state index is 12.9. The molecular formula is C26H27N3O2. The number of hydrogen-bond donors (Lipinski definition) is 2. The van der Waals surface area contributed by atoms with E-state index in [1.165, 1.54) is 11.1 Å². The van der Waals surface area contributed by atoms with Gasteiger partial charge in [0.1, 0.15) is 0 Å². The molecular weight excluding hydrogens is 386 g/mol. The Bertz CT molecular complexity index is 1090. The third kappa shape index (κ3) is 4.77. The van der Waals surface area contributed by atoms with E-state index < -0.39 is 0 Å². The van der Waals surface area contributed by atoms with Crippen LogP contribution in [0.2, 0.25) is 0 Å². The van der Waals surface area contributed by atoms with Crippen molar-refractivity contribution in [3.8, 4) is 0 Å². The van der Waals surface area contributed by atoms with Crippen molar-refractivity contribution < 1.29 is 9.59 Å². The van der Waals surface area contributed by atoms with Gasteiger partial charge < -0.3 is 15.5 Å². The van der Waals surface area contributed by atoms with Crippen LogP contribution in [0, 0.1) is 0 Å². The predicted molar refractivity (Wildman–Crippen MR) is 126 cm³/mol. The first kappa shape index (κ1) is 20.7. The van der Waals surface area contributed by atoms with Gasteiger partial charge >= 0.3 is 0 Å². The Kier molecular flexibility index (Phi) is 6.03. The summed E-state index contributed by atoms with van der Waals surface area (Å²) in [7, 11) is 0. The standard InChI is InChI=1S/C26H27N3O2/c1-18(2)21-7-5-8-23(16-21)28-25(30)17-27-22-12-10-20(11-13-22)26(31)29-15-14-19-6-3-4-9-24(19)29/h3-13,16,18,27H,14-15,17H2,1-2H3,(H,28,30). The Morgan fingerprint density at radius 3 is 2.48 bits per heavy atom. The van der Waals surface area contributed by atoms with Crippen LogP contribution >= 0.6 is 0 Å². The van der Waals surface area contributed by atoms with Crippen LogP contribution in [-0.4, -0.2) is 24.9 Å². The van der Waals surface area contributed by atoms with Crippen molar-refractivity contribution in [2.75, 3.05) is 28.6 Å². The average molecular weight is 414 g/mol. The van der Waals surface area contributed by atoms with Gasteiger partial charge in [0, 0.05) is 29.2 Å². The third-order valence-corrected chi connectivity index (χ3v) is 5.55. The summed E-state index contributed by atoms with van der Waals surface area (Å²) in [6.45, 7) is 5.10. The van der Waals surface area contributed by atoms with Crippen molar-refractivity contribution in [1.29, 1.82) is 0 Å². The highest BCUT2D eigenvalue weighted by molar-refractivity contribution is 6.07. The highest BCUT2D eigenvalue weighted by Crippen LogP contribution is 2.29. The quantitative estimate of drug-likeness (QED) is 0.594. The topological polar surface area (TPSA) is 61.4 Å². The van der Waals surface area contributed by atoms with Gasteiger partial charge in [-0.15, -0.1) is 0 Å². The highest BCUT2D eigenvalue weighted by Gasteiger charge is 2.24. The smallest absolute Gasteiger partial charge is 0.258 e.